The van der Waals surface area contributed by atoms with Crippen LogP contribution in [0.3, 0.4) is 0 Å². The van der Waals surface area contributed by atoms with Gasteiger partial charge in [-0.1, -0.05) is 89.0 Å². The first kappa shape index (κ1) is 25.5. The van der Waals surface area contributed by atoms with Crippen LogP contribution in [-0.4, -0.2) is 22.0 Å². The van der Waals surface area contributed by atoms with Crippen LogP contribution in [0.4, 0.5) is 5.69 Å². The number of carbonyl (C=O) groups excluding carboxylic acids is 1. The van der Waals surface area contributed by atoms with E-state index in [2.05, 4.69) is 67.8 Å². The lowest BCUT2D eigenvalue weighted by molar-refractivity contribution is -0.117. The highest BCUT2D eigenvalue weighted by Gasteiger charge is 2.35. The number of hydrogen-bond acceptors (Lipinski definition) is 2. The van der Waals surface area contributed by atoms with Crippen LogP contribution in [0.15, 0.2) is 42.5 Å². The predicted octanol–water partition coefficient (Wildman–Crippen LogP) is 8.09. The van der Waals surface area contributed by atoms with Gasteiger partial charge in [-0.3, -0.25) is 4.79 Å². The smallest absolute Gasteiger partial charge is 0.227 e. The molecule has 2 aromatic carbocycles. The lowest BCUT2D eigenvalue weighted by Gasteiger charge is -2.20. The molecule has 188 valence electrons. The van der Waals surface area contributed by atoms with Crippen LogP contribution in [0.5, 0.6) is 0 Å². The number of rotatable bonds is 13. The molecular weight excluding hydrogens is 430 g/mol. The number of benzene rings is 2. The molecule has 0 spiro atoms. The molecule has 4 rings (SSSR count). The van der Waals surface area contributed by atoms with E-state index in [4.69, 9.17) is 4.98 Å². The van der Waals surface area contributed by atoms with Crippen molar-refractivity contribution in [2.24, 2.45) is 0 Å². The fourth-order valence-corrected chi connectivity index (χ4v) is 5.54. The Morgan fingerprint density at radius 2 is 1.54 bits per heavy atom. The number of hydrogen-bond donors (Lipinski definition) is 0. The van der Waals surface area contributed by atoms with E-state index in [0.29, 0.717) is 13.0 Å². The number of para-hydroxylation sites is 2. The Balaban J connectivity index is 1.39. The molecule has 4 heteroatoms. The van der Waals surface area contributed by atoms with Crippen molar-refractivity contribution in [1.82, 2.24) is 9.55 Å². The van der Waals surface area contributed by atoms with Gasteiger partial charge in [-0.05, 0) is 49.6 Å². The van der Waals surface area contributed by atoms with Gasteiger partial charge in [-0.15, -0.1) is 0 Å². The molecule has 2 heterocycles. The molecular formula is C31H43N3O. The average Bonchev–Trinajstić information content (AvgIpc) is 3.42. The van der Waals surface area contributed by atoms with Crippen LogP contribution in [0.25, 0.3) is 11.0 Å². The number of aromatic nitrogens is 2. The lowest BCUT2D eigenvalue weighted by Crippen LogP contribution is -2.25. The third-order valence-corrected chi connectivity index (χ3v) is 7.78. The first-order valence-electron chi connectivity index (χ1n) is 13.9. The quantitative estimate of drug-likeness (QED) is 0.235. The van der Waals surface area contributed by atoms with Crippen molar-refractivity contribution < 1.29 is 4.79 Å². The number of anilines is 1. The van der Waals surface area contributed by atoms with Gasteiger partial charge in [0.25, 0.3) is 0 Å². The van der Waals surface area contributed by atoms with Crippen LogP contribution in [0.1, 0.15) is 100 Å². The number of aryl methyl sites for hydroxylation is 2. The summed E-state index contributed by atoms with van der Waals surface area (Å²) in [5.41, 5.74) is 5.73. The number of unbranched alkanes of at least 4 members (excludes halogenated alkanes) is 9. The molecule has 1 fully saturated rings. The summed E-state index contributed by atoms with van der Waals surface area (Å²) in [5, 5.41) is 0. The highest BCUT2D eigenvalue weighted by molar-refractivity contribution is 5.97. The van der Waals surface area contributed by atoms with Crippen LogP contribution in [0, 0.1) is 13.8 Å². The maximum atomic E-state index is 13.1. The maximum absolute atomic E-state index is 13.1. The van der Waals surface area contributed by atoms with E-state index < -0.39 is 0 Å². The van der Waals surface area contributed by atoms with E-state index in [1.165, 1.54) is 80.9 Å². The summed E-state index contributed by atoms with van der Waals surface area (Å²) < 4.78 is 2.41. The Hall–Kier alpha value is -2.62. The van der Waals surface area contributed by atoms with Gasteiger partial charge in [-0.25, -0.2) is 4.98 Å². The normalized spacial score (nSPS) is 16.0. The highest BCUT2D eigenvalue weighted by atomic mass is 16.2. The summed E-state index contributed by atoms with van der Waals surface area (Å²) in [5.74, 6) is 1.43. The zero-order valence-corrected chi connectivity index (χ0v) is 22.1. The summed E-state index contributed by atoms with van der Waals surface area (Å²) in [4.78, 5) is 20.1. The molecule has 0 radical (unpaired) electrons. The van der Waals surface area contributed by atoms with Crippen LogP contribution < -0.4 is 4.90 Å². The Labute approximate surface area is 211 Å². The lowest BCUT2D eigenvalue weighted by atomic mass is 10.1. The fraction of sp³-hybridized carbons (Fsp3) is 0.548. The van der Waals surface area contributed by atoms with Crippen molar-refractivity contribution in [2.75, 3.05) is 11.4 Å². The van der Waals surface area contributed by atoms with Gasteiger partial charge in [0.2, 0.25) is 5.91 Å². The van der Waals surface area contributed by atoms with Gasteiger partial charge < -0.3 is 9.47 Å². The number of amides is 1. The second kappa shape index (κ2) is 12.4. The van der Waals surface area contributed by atoms with Gasteiger partial charge >= 0.3 is 0 Å². The van der Waals surface area contributed by atoms with Crippen LogP contribution in [0.2, 0.25) is 0 Å². The van der Waals surface area contributed by atoms with Gasteiger partial charge in [0, 0.05) is 31.1 Å². The maximum Gasteiger partial charge on any atom is 0.227 e. The summed E-state index contributed by atoms with van der Waals surface area (Å²) in [6, 6.07) is 14.7. The van der Waals surface area contributed by atoms with Crippen molar-refractivity contribution in [1.29, 1.82) is 0 Å². The molecule has 1 unspecified atom stereocenters. The van der Waals surface area contributed by atoms with E-state index in [0.717, 1.165) is 23.6 Å². The second-order valence-corrected chi connectivity index (χ2v) is 10.4. The topological polar surface area (TPSA) is 38.1 Å². The molecule has 0 saturated carbocycles. The molecule has 0 aliphatic carbocycles. The molecule has 1 atom stereocenters. The summed E-state index contributed by atoms with van der Waals surface area (Å²) in [7, 11) is 0. The zero-order chi connectivity index (χ0) is 24.6. The minimum absolute atomic E-state index is 0.137. The van der Waals surface area contributed by atoms with E-state index in [1.54, 1.807) is 0 Å². The monoisotopic (exact) mass is 473 g/mol. The number of fused-ring (bicyclic) bond motifs is 1. The van der Waals surface area contributed by atoms with Crippen molar-refractivity contribution >= 4 is 22.6 Å². The summed E-state index contributed by atoms with van der Waals surface area (Å²) in [6.45, 7) is 8.21. The molecule has 1 aliphatic rings. The Kier molecular flexibility index (Phi) is 9.01. The number of imidazole rings is 1. The van der Waals surface area contributed by atoms with Crippen molar-refractivity contribution in [3.63, 3.8) is 0 Å². The van der Waals surface area contributed by atoms with E-state index in [1.807, 2.05) is 4.90 Å². The van der Waals surface area contributed by atoms with E-state index >= 15 is 0 Å². The third-order valence-electron chi connectivity index (χ3n) is 7.78. The van der Waals surface area contributed by atoms with Gasteiger partial charge in [-0.2, -0.15) is 0 Å². The molecule has 1 amide bonds. The molecule has 1 aliphatic heterocycles. The predicted molar refractivity (Wildman–Crippen MR) is 147 cm³/mol. The first-order chi connectivity index (χ1) is 17.1. The highest BCUT2D eigenvalue weighted by Crippen LogP contribution is 2.35. The number of nitrogens with zero attached hydrogens (tertiary/aromatic N) is 3. The second-order valence-electron chi connectivity index (χ2n) is 10.4. The SMILES string of the molecule is CCCCCCCCCCCCn1c(C2CC(=O)N(c3cccc(C)c3C)C2)nc2ccccc21. The van der Waals surface area contributed by atoms with Crippen molar-refractivity contribution in [3.05, 3.63) is 59.4 Å². The minimum Gasteiger partial charge on any atom is -0.328 e. The zero-order valence-electron chi connectivity index (χ0n) is 22.1. The van der Waals surface area contributed by atoms with E-state index in [9.17, 15) is 4.79 Å². The molecule has 0 N–H and O–H groups in total. The summed E-state index contributed by atoms with van der Waals surface area (Å²) >= 11 is 0. The molecule has 3 aromatic rings. The van der Waals surface area contributed by atoms with Gasteiger partial charge in [0.05, 0.1) is 11.0 Å². The molecule has 1 aromatic heterocycles. The van der Waals surface area contributed by atoms with Gasteiger partial charge in [0.1, 0.15) is 5.82 Å². The Morgan fingerprint density at radius 3 is 2.29 bits per heavy atom. The van der Waals surface area contributed by atoms with Crippen molar-refractivity contribution in [2.45, 2.75) is 104 Å². The molecule has 4 nitrogen and oxygen atoms in total. The average molecular weight is 474 g/mol. The van der Waals surface area contributed by atoms with Gasteiger partial charge in [0.15, 0.2) is 0 Å². The largest absolute Gasteiger partial charge is 0.328 e. The Morgan fingerprint density at radius 1 is 0.857 bits per heavy atom. The first-order valence-corrected chi connectivity index (χ1v) is 13.9. The molecule has 35 heavy (non-hydrogen) atoms. The third kappa shape index (κ3) is 6.15. The fourth-order valence-electron chi connectivity index (χ4n) is 5.54. The molecule has 1 saturated heterocycles. The number of carbonyl (C=O) groups is 1. The molecule has 0 bridgehead atoms. The minimum atomic E-state index is 0.137. The van der Waals surface area contributed by atoms with Crippen molar-refractivity contribution in [3.8, 4) is 0 Å². The standard InChI is InChI=1S/C31H43N3O/c1-4-5-6-7-8-9-10-11-12-15-21-33-29-19-14-13-18-27(29)32-31(33)26-22-30(35)34(23-26)28-20-16-17-24(2)25(28)3/h13-14,16-20,26H,4-12,15,21-23H2,1-3H3. The summed E-state index contributed by atoms with van der Waals surface area (Å²) in [6.07, 6.45) is 13.9. The Bertz CT molecular complexity index is 1120. The van der Waals surface area contributed by atoms with Crippen LogP contribution in [-0.2, 0) is 11.3 Å². The van der Waals surface area contributed by atoms with Crippen LogP contribution >= 0.6 is 0 Å². The van der Waals surface area contributed by atoms with E-state index in [-0.39, 0.29) is 11.8 Å².